The number of rotatable bonds is 0. The average molecular weight is 317 g/mol. The number of hydrogen-bond acceptors (Lipinski definition) is 0. The molecule has 0 aromatic heterocycles. The Labute approximate surface area is 81.3 Å². The van der Waals surface area contributed by atoms with Crippen LogP contribution in [0.2, 0.25) is 0 Å². The third-order valence-corrected chi connectivity index (χ3v) is 1.11. The molecule has 0 aliphatic carbocycles. The van der Waals surface area contributed by atoms with Crippen LogP contribution in [0.3, 0.4) is 0 Å². The Morgan fingerprint density at radius 2 is 0.818 bits per heavy atom. The first-order valence-corrected chi connectivity index (χ1v) is 3.33. The second-order valence-electron chi connectivity index (χ2n) is 1.92. The molecule has 0 atom stereocenters. The van der Waals surface area contributed by atoms with Crippen molar-refractivity contribution in [2.24, 2.45) is 0 Å². The Morgan fingerprint density at radius 3 is 0.909 bits per heavy atom. The standard InChI is InChI=1S/2C5H5.Re.H/c2*1-2-4-5-3-1;;/h2*1-5H;;/q2*-1;;. The van der Waals surface area contributed by atoms with E-state index in [0.717, 1.165) is 0 Å². The predicted molar refractivity (Wildman–Crippen MR) is 45.5 cm³/mol. The molecule has 60 valence electrons. The first-order valence-electron chi connectivity index (χ1n) is 3.33. The summed E-state index contributed by atoms with van der Waals surface area (Å²) >= 11 is 0. The zero-order valence-electron chi connectivity index (χ0n) is 6.18. The Morgan fingerprint density at radius 1 is 0.545 bits per heavy atom. The molecule has 2 aromatic carbocycles. The summed E-state index contributed by atoms with van der Waals surface area (Å²) in [6.07, 6.45) is 0. The van der Waals surface area contributed by atoms with Crippen molar-refractivity contribution < 1.29 is 20.4 Å². The fraction of sp³-hybridized carbons (Fsp3) is 0. The summed E-state index contributed by atoms with van der Waals surface area (Å²) in [7, 11) is 0. The van der Waals surface area contributed by atoms with Crippen molar-refractivity contribution in [3.8, 4) is 0 Å². The third kappa shape index (κ3) is 5.79. The molecule has 0 aliphatic rings. The van der Waals surface area contributed by atoms with Crippen molar-refractivity contribution >= 4 is 0 Å². The van der Waals surface area contributed by atoms with E-state index in [0.29, 0.717) is 0 Å². The van der Waals surface area contributed by atoms with E-state index in [9.17, 15) is 0 Å². The van der Waals surface area contributed by atoms with Gasteiger partial charge in [0.05, 0.1) is 0 Å². The Balaban J connectivity index is 0.000000167. The molecular weight excluding hydrogens is 306 g/mol. The smallest absolute Gasteiger partial charge is 0.172 e. The van der Waals surface area contributed by atoms with Gasteiger partial charge in [-0.15, -0.1) is 0 Å². The predicted octanol–water partition coefficient (Wildman–Crippen LogP) is 2.54. The normalized spacial score (nSPS) is 7.27. The zero-order chi connectivity index (χ0) is 7.07. The summed E-state index contributed by atoms with van der Waals surface area (Å²) in [6.45, 7) is 0. The van der Waals surface area contributed by atoms with Gasteiger partial charge in [0.25, 0.3) is 0 Å². The molecule has 0 spiro atoms. The van der Waals surface area contributed by atoms with Crippen LogP contribution in [0.1, 0.15) is 0 Å². The molecule has 0 N–H and O–H groups in total. The van der Waals surface area contributed by atoms with Gasteiger partial charge < -0.3 is 0 Å². The molecule has 2 rings (SSSR count). The van der Waals surface area contributed by atoms with Crippen LogP contribution in [0, 0.1) is 0 Å². The van der Waals surface area contributed by atoms with Crippen LogP contribution in [0.15, 0.2) is 60.7 Å². The summed E-state index contributed by atoms with van der Waals surface area (Å²) in [5.41, 5.74) is 0. The van der Waals surface area contributed by atoms with E-state index in [1.807, 2.05) is 60.7 Å². The summed E-state index contributed by atoms with van der Waals surface area (Å²) < 4.78 is 0. The maximum atomic E-state index is 2.00. The molecular formula is C10H11Re-2. The molecule has 1 heteroatoms. The van der Waals surface area contributed by atoms with Gasteiger partial charge in [-0.05, 0) is 0 Å². The van der Waals surface area contributed by atoms with Crippen molar-refractivity contribution in [3.63, 3.8) is 0 Å². The van der Waals surface area contributed by atoms with Crippen LogP contribution >= 0.6 is 0 Å². The van der Waals surface area contributed by atoms with E-state index in [-0.39, 0.29) is 20.4 Å². The first kappa shape index (κ1) is 10.4. The van der Waals surface area contributed by atoms with Crippen LogP contribution in [0.4, 0.5) is 0 Å². The average Bonchev–Trinajstić information content (AvgIpc) is 2.67. The van der Waals surface area contributed by atoms with E-state index in [2.05, 4.69) is 0 Å². The fourth-order valence-electron chi connectivity index (χ4n) is 0.642. The molecule has 0 aliphatic heterocycles. The third-order valence-electron chi connectivity index (χ3n) is 1.11. The minimum Gasteiger partial charge on any atom is -0.214 e. The maximum absolute atomic E-state index is 2.00. The van der Waals surface area contributed by atoms with Gasteiger partial charge in [-0.3, -0.25) is 0 Å². The summed E-state index contributed by atoms with van der Waals surface area (Å²) in [5, 5.41) is 0. The molecule has 0 heterocycles. The van der Waals surface area contributed by atoms with E-state index in [1.165, 1.54) is 0 Å². The van der Waals surface area contributed by atoms with Crippen molar-refractivity contribution in [1.29, 1.82) is 0 Å². The summed E-state index contributed by atoms with van der Waals surface area (Å²) in [4.78, 5) is 0. The Kier molecular flexibility index (Phi) is 7.04. The van der Waals surface area contributed by atoms with Gasteiger partial charge in [0.15, 0.2) is 0 Å². The molecule has 0 saturated heterocycles. The second-order valence-corrected chi connectivity index (χ2v) is 1.92. The fourth-order valence-corrected chi connectivity index (χ4v) is 0.642. The van der Waals surface area contributed by atoms with Crippen molar-refractivity contribution in [2.45, 2.75) is 0 Å². The molecule has 0 fully saturated rings. The number of hydrogen-bond donors (Lipinski definition) is 0. The van der Waals surface area contributed by atoms with Gasteiger partial charge in [-0.25, -0.2) is 24.3 Å². The van der Waals surface area contributed by atoms with Crippen molar-refractivity contribution in [1.82, 2.24) is 0 Å². The van der Waals surface area contributed by atoms with Crippen LogP contribution < -0.4 is 0 Å². The van der Waals surface area contributed by atoms with Gasteiger partial charge >= 0.3 is 20.4 Å². The van der Waals surface area contributed by atoms with E-state index >= 15 is 0 Å². The quantitative estimate of drug-likeness (QED) is 0.655. The SMILES string of the molecule is [ReH].c1cc[cH-]c1.c1cc[cH-]c1. The van der Waals surface area contributed by atoms with Crippen LogP contribution in [-0.4, -0.2) is 0 Å². The molecule has 0 amide bonds. The zero-order valence-corrected chi connectivity index (χ0v) is 9.12. The van der Waals surface area contributed by atoms with E-state index in [1.54, 1.807) is 0 Å². The summed E-state index contributed by atoms with van der Waals surface area (Å²) in [6, 6.07) is 20.0. The minimum absolute atomic E-state index is 0. The van der Waals surface area contributed by atoms with Crippen molar-refractivity contribution in [2.75, 3.05) is 0 Å². The van der Waals surface area contributed by atoms with Gasteiger partial charge in [-0.1, -0.05) is 0 Å². The maximum Gasteiger partial charge on any atom is -0.172 e. The van der Waals surface area contributed by atoms with Crippen LogP contribution in [0.25, 0.3) is 0 Å². The Bertz CT molecular complexity index is 144. The van der Waals surface area contributed by atoms with Crippen molar-refractivity contribution in [3.05, 3.63) is 60.7 Å². The van der Waals surface area contributed by atoms with Gasteiger partial charge in [0, 0.05) is 0 Å². The molecule has 0 bridgehead atoms. The first-order chi connectivity index (χ1) is 5.00. The van der Waals surface area contributed by atoms with Gasteiger partial charge in [-0.2, -0.15) is 36.4 Å². The summed E-state index contributed by atoms with van der Waals surface area (Å²) in [5.74, 6) is 0. The Hall–Kier alpha value is -0.638. The van der Waals surface area contributed by atoms with E-state index < -0.39 is 0 Å². The van der Waals surface area contributed by atoms with Crippen LogP contribution in [0.5, 0.6) is 0 Å². The molecule has 11 heavy (non-hydrogen) atoms. The van der Waals surface area contributed by atoms with E-state index in [4.69, 9.17) is 0 Å². The molecule has 1 radical (unpaired) electrons. The second kappa shape index (κ2) is 7.47. The molecule has 2 aromatic rings. The monoisotopic (exact) mass is 318 g/mol. The largest absolute Gasteiger partial charge is 0.214 e. The molecule has 0 saturated carbocycles. The minimum atomic E-state index is 0. The van der Waals surface area contributed by atoms with Gasteiger partial charge in [0.2, 0.25) is 0 Å². The van der Waals surface area contributed by atoms with Crippen LogP contribution in [-0.2, 0) is 20.4 Å². The molecule has 0 nitrogen and oxygen atoms in total. The van der Waals surface area contributed by atoms with Gasteiger partial charge in [0.1, 0.15) is 0 Å². The topological polar surface area (TPSA) is 0 Å². The molecule has 0 unspecified atom stereocenters.